The van der Waals surface area contributed by atoms with Gasteiger partial charge in [0, 0.05) is 17.0 Å². The van der Waals surface area contributed by atoms with Crippen molar-refractivity contribution in [2.75, 3.05) is 0 Å². The van der Waals surface area contributed by atoms with Crippen LogP contribution in [-0.2, 0) is 6.42 Å². The summed E-state index contributed by atoms with van der Waals surface area (Å²) in [6, 6.07) is 4.57. The van der Waals surface area contributed by atoms with E-state index in [1.165, 1.54) is 6.07 Å². The number of benzene rings is 1. The van der Waals surface area contributed by atoms with Gasteiger partial charge in [-0.3, -0.25) is 0 Å². The Hall–Kier alpha value is -0.940. The monoisotopic (exact) mass is 332 g/mol. The third kappa shape index (κ3) is 2.90. The number of hydrogen-bond donors (Lipinski definition) is 0. The molecule has 2 rings (SSSR count). The average Bonchev–Trinajstić information content (AvgIpc) is 2.81. The van der Waals surface area contributed by atoms with Crippen LogP contribution in [0.5, 0.6) is 0 Å². The van der Waals surface area contributed by atoms with Gasteiger partial charge in [-0.15, -0.1) is 0 Å². The van der Waals surface area contributed by atoms with Crippen molar-refractivity contribution in [3.8, 4) is 0 Å². The molecular weight excluding hydrogens is 322 g/mol. The van der Waals surface area contributed by atoms with E-state index in [-0.39, 0.29) is 17.1 Å². The lowest BCUT2D eigenvalue weighted by Gasteiger charge is -2.02. The predicted molar refractivity (Wildman–Crippen MR) is 70.5 cm³/mol. The van der Waals surface area contributed by atoms with Crippen LogP contribution in [0.15, 0.2) is 22.7 Å². The molecule has 1 aromatic heterocycles. The summed E-state index contributed by atoms with van der Waals surface area (Å²) in [4.78, 5) is 4.23. The van der Waals surface area contributed by atoms with E-state index < -0.39 is 0 Å². The van der Waals surface area contributed by atoms with E-state index in [0.29, 0.717) is 22.3 Å². The lowest BCUT2D eigenvalue weighted by atomic mass is 10.1. The second-order valence-electron chi connectivity index (χ2n) is 3.80. The van der Waals surface area contributed by atoms with Gasteiger partial charge >= 0.3 is 0 Å². The Bertz CT molecular complexity index is 526. The molecule has 6 heteroatoms. The molecule has 0 aliphatic rings. The fraction of sp³-hybridized carbons (Fsp3) is 0.333. The molecule has 0 amide bonds. The maximum Gasteiger partial charge on any atom is 0.240 e. The van der Waals surface area contributed by atoms with Crippen LogP contribution in [0.1, 0.15) is 35.5 Å². The SMILES string of the molecule is CCC(Br)c1nc(Cc2c(F)cccc2Cl)no1. The van der Waals surface area contributed by atoms with Gasteiger partial charge in [0.1, 0.15) is 5.82 Å². The normalized spacial score (nSPS) is 12.7. The fourth-order valence-corrected chi connectivity index (χ4v) is 1.92. The van der Waals surface area contributed by atoms with Gasteiger partial charge in [0.15, 0.2) is 5.82 Å². The molecule has 0 bridgehead atoms. The molecule has 0 N–H and O–H groups in total. The number of rotatable bonds is 4. The molecule has 18 heavy (non-hydrogen) atoms. The number of alkyl halides is 1. The number of nitrogens with zero attached hydrogens (tertiary/aromatic N) is 2. The van der Waals surface area contributed by atoms with E-state index in [4.69, 9.17) is 16.1 Å². The summed E-state index contributed by atoms with van der Waals surface area (Å²) < 4.78 is 18.7. The Labute approximate surface area is 117 Å². The highest BCUT2D eigenvalue weighted by molar-refractivity contribution is 9.09. The number of aromatic nitrogens is 2. The van der Waals surface area contributed by atoms with Crippen molar-refractivity contribution in [3.05, 3.63) is 46.3 Å². The van der Waals surface area contributed by atoms with Crippen molar-refractivity contribution >= 4 is 27.5 Å². The minimum atomic E-state index is -0.361. The molecule has 0 aliphatic heterocycles. The maximum atomic E-state index is 13.6. The van der Waals surface area contributed by atoms with E-state index in [0.717, 1.165) is 6.42 Å². The molecule has 0 radical (unpaired) electrons. The molecule has 3 nitrogen and oxygen atoms in total. The largest absolute Gasteiger partial charge is 0.338 e. The smallest absolute Gasteiger partial charge is 0.240 e. The topological polar surface area (TPSA) is 38.9 Å². The Morgan fingerprint density at radius 1 is 1.50 bits per heavy atom. The summed E-state index contributed by atoms with van der Waals surface area (Å²) in [5.41, 5.74) is 0.383. The second-order valence-corrected chi connectivity index (χ2v) is 5.31. The maximum absolute atomic E-state index is 13.6. The molecule has 0 saturated heterocycles. The lowest BCUT2D eigenvalue weighted by molar-refractivity contribution is 0.371. The van der Waals surface area contributed by atoms with Crippen LogP contribution in [-0.4, -0.2) is 10.1 Å². The van der Waals surface area contributed by atoms with Crippen molar-refractivity contribution in [1.82, 2.24) is 10.1 Å². The van der Waals surface area contributed by atoms with Gasteiger partial charge in [0.2, 0.25) is 5.89 Å². The average molecular weight is 334 g/mol. The van der Waals surface area contributed by atoms with E-state index in [2.05, 4.69) is 26.1 Å². The summed E-state index contributed by atoms with van der Waals surface area (Å²) in [5, 5.41) is 4.19. The lowest BCUT2D eigenvalue weighted by Crippen LogP contribution is -1.96. The molecular formula is C12H11BrClFN2O. The molecule has 0 spiro atoms. The van der Waals surface area contributed by atoms with Crippen LogP contribution in [0.25, 0.3) is 0 Å². The van der Waals surface area contributed by atoms with Crippen molar-refractivity contribution in [2.45, 2.75) is 24.6 Å². The summed E-state index contributed by atoms with van der Waals surface area (Å²) in [7, 11) is 0. The Morgan fingerprint density at radius 2 is 2.28 bits per heavy atom. The van der Waals surface area contributed by atoms with Crippen LogP contribution in [0.2, 0.25) is 5.02 Å². The molecule has 1 atom stereocenters. The first-order valence-corrected chi connectivity index (χ1v) is 6.80. The van der Waals surface area contributed by atoms with Gasteiger partial charge in [-0.1, -0.05) is 45.7 Å². The third-order valence-corrected chi connectivity index (χ3v) is 3.90. The molecule has 96 valence electrons. The number of hydrogen-bond acceptors (Lipinski definition) is 3. The Morgan fingerprint density at radius 3 is 2.94 bits per heavy atom. The first-order valence-electron chi connectivity index (χ1n) is 5.51. The van der Waals surface area contributed by atoms with E-state index >= 15 is 0 Å². The van der Waals surface area contributed by atoms with Gasteiger partial charge in [0.25, 0.3) is 0 Å². The molecule has 1 unspecified atom stereocenters. The van der Waals surface area contributed by atoms with Crippen molar-refractivity contribution in [2.24, 2.45) is 0 Å². The van der Waals surface area contributed by atoms with Crippen molar-refractivity contribution in [3.63, 3.8) is 0 Å². The Balaban J connectivity index is 2.21. The fourth-order valence-electron chi connectivity index (χ4n) is 1.50. The zero-order valence-electron chi connectivity index (χ0n) is 9.66. The first-order chi connectivity index (χ1) is 8.61. The molecule has 0 saturated carbocycles. The molecule has 0 fully saturated rings. The summed E-state index contributed by atoms with van der Waals surface area (Å²) in [5.74, 6) is 0.564. The van der Waals surface area contributed by atoms with Crippen molar-refractivity contribution in [1.29, 1.82) is 0 Å². The molecule has 0 aliphatic carbocycles. The zero-order valence-corrected chi connectivity index (χ0v) is 12.0. The summed E-state index contributed by atoms with van der Waals surface area (Å²) in [6.45, 7) is 2.00. The highest BCUT2D eigenvalue weighted by Crippen LogP contribution is 2.26. The Kier molecular flexibility index (Phi) is 4.35. The quantitative estimate of drug-likeness (QED) is 0.783. The highest BCUT2D eigenvalue weighted by Gasteiger charge is 2.16. The minimum absolute atomic E-state index is 0.0230. The van der Waals surface area contributed by atoms with Gasteiger partial charge in [-0.2, -0.15) is 4.98 Å². The van der Waals surface area contributed by atoms with Crippen LogP contribution >= 0.6 is 27.5 Å². The van der Waals surface area contributed by atoms with E-state index in [1.807, 2.05) is 6.92 Å². The third-order valence-electron chi connectivity index (χ3n) is 2.51. The van der Waals surface area contributed by atoms with Crippen LogP contribution in [0, 0.1) is 5.82 Å². The van der Waals surface area contributed by atoms with Gasteiger partial charge in [-0.05, 0) is 18.6 Å². The van der Waals surface area contributed by atoms with Gasteiger partial charge in [0.05, 0.1) is 4.83 Å². The van der Waals surface area contributed by atoms with Crippen LogP contribution in [0.4, 0.5) is 4.39 Å². The predicted octanol–water partition coefficient (Wildman–Crippen LogP) is 4.30. The van der Waals surface area contributed by atoms with Crippen molar-refractivity contribution < 1.29 is 8.91 Å². The second kappa shape index (κ2) is 5.80. The van der Waals surface area contributed by atoms with E-state index in [9.17, 15) is 4.39 Å². The minimum Gasteiger partial charge on any atom is -0.338 e. The van der Waals surface area contributed by atoms with Crippen LogP contribution in [0.3, 0.4) is 0 Å². The number of halogens is 3. The standard InChI is InChI=1S/C12H11BrClFN2O/c1-2-8(13)12-16-11(17-18-12)6-7-9(14)4-3-5-10(7)15/h3-5,8H,2,6H2,1H3. The van der Waals surface area contributed by atoms with Crippen LogP contribution < -0.4 is 0 Å². The van der Waals surface area contributed by atoms with Gasteiger partial charge in [-0.25, -0.2) is 4.39 Å². The molecule has 1 heterocycles. The zero-order chi connectivity index (χ0) is 13.1. The van der Waals surface area contributed by atoms with E-state index in [1.54, 1.807) is 12.1 Å². The molecule has 1 aromatic carbocycles. The summed E-state index contributed by atoms with van der Waals surface area (Å²) in [6.07, 6.45) is 1.06. The molecule has 2 aromatic rings. The first kappa shape index (κ1) is 13.5. The highest BCUT2D eigenvalue weighted by atomic mass is 79.9. The summed E-state index contributed by atoms with van der Waals surface area (Å²) >= 11 is 9.36. The van der Waals surface area contributed by atoms with Gasteiger partial charge < -0.3 is 4.52 Å².